The van der Waals surface area contributed by atoms with Crippen molar-refractivity contribution in [1.29, 1.82) is 5.26 Å². The second kappa shape index (κ2) is 8.53. The predicted molar refractivity (Wildman–Crippen MR) is 113 cm³/mol. The number of ketones is 1. The van der Waals surface area contributed by atoms with Crippen LogP contribution in [0, 0.1) is 18.3 Å². The van der Waals surface area contributed by atoms with Crippen molar-refractivity contribution >= 4 is 17.2 Å². The van der Waals surface area contributed by atoms with Gasteiger partial charge in [-0.2, -0.15) is 5.26 Å². The van der Waals surface area contributed by atoms with E-state index in [-0.39, 0.29) is 28.6 Å². The van der Waals surface area contributed by atoms with Gasteiger partial charge in [0.2, 0.25) is 5.88 Å². The Morgan fingerprint density at radius 2 is 1.70 bits per heavy atom. The molecule has 7 nitrogen and oxygen atoms in total. The maximum absolute atomic E-state index is 12.9. The van der Waals surface area contributed by atoms with Gasteiger partial charge in [-0.25, -0.2) is 0 Å². The van der Waals surface area contributed by atoms with Crippen molar-refractivity contribution in [2.24, 2.45) is 10.2 Å². The number of pyridine rings is 1. The van der Waals surface area contributed by atoms with Crippen molar-refractivity contribution in [3.05, 3.63) is 87.2 Å². The minimum atomic E-state index is -0.561. The Hall–Kier alpha value is -4.05. The first-order valence-corrected chi connectivity index (χ1v) is 9.35. The molecule has 0 unspecified atom stereocenters. The van der Waals surface area contributed by atoms with Crippen LogP contribution in [0.5, 0.6) is 5.88 Å². The lowest BCUT2D eigenvalue weighted by molar-refractivity contribution is 0.103. The third-order valence-electron chi connectivity index (χ3n) is 4.67. The number of aromatic hydroxyl groups is 1. The Morgan fingerprint density at radius 3 is 2.33 bits per heavy atom. The zero-order valence-corrected chi connectivity index (χ0v) is 16.8. The van der Waals surface area contributed by atoms with E-state index in [1.807, 2.05) is 12.1 Å². The quantitative estimate of drug-likeness (QED) is 0.482. The maximum Gasteiger partial charge on any atom is 0.281 e. The number of carbonyl (C=O) groups excluding carboxylic acids is 1. The Bertz CT molecular complexity index is 1240. The normalized spacial score (nSPS) is 11.0. The summed E-state index contributed by atoms with van der Waals surface area (Å²) in [7, 11) is 0. The number of carbonyl (C=O) groups is 1. The Balaban J connectivity index is 2.13. The Kier molecular flexibility index (Phi) is 5.88. The summed E-state index contributed by atoms with van der Waals surface area (Å²) in [5.41, 5.74) is 0.726. The minimum Gasteiger partial charge on any atom is -0.493 e. The Labute approximate surface area is 173 Å². The molecule has 1 N–H and O–H groups in total. The molecule has 0 saturated carbocycles. The second-order valence-corrected chi connectivity index (χ2v) is 6.97. The number of aromatic nitrogens is 1. The smallest absolute Gasteiger partial charge is 0.281 e. The van der Waals surface area contributed by atoms with Crippen molar-refractivity contribution < 1.29 is 9.90 Å². The zero-order valence-electron chi connectivity index (χ0n) is 16.8. The first-order valence-electron chi connectivity index (χ1n) is 9.35. The Morgan fingerprint density at radius 1 is 1.07 bits per heavy atom. The van der Waals surface area contributed by atoms with Crippen LogP contribution in [0.1, 0.15) is 46.9 Å². The molecule has 0 spiro atoms. The van der Waals surface area contributed by atoms with Gasteiger partial charge in [-0.3, -0.25) is 14.2 Å². The molecular weight excluding hydrogens is 380 g/mol. The van der Waals surface area contributed by atoms with Gasteiger partial charge in [0, 0.05) is 17.2 Å². The lowest BCUT2D eigenvalue weighted by atomic mass is 10.0. The molecule has 1 aromatic heterocycles. The largest absolute Gasteiger partial charge is 0.493 e. The number of nitrogens with zero attached hydrogens (tertiary/aromatic N) is 4. The third-order valence-corrected chi connectivity index (χ3v) is 4.67. The molecule has 0 amide bonds. The molecule has 0 aliphatic rings. The molecule has 30 heavy (non-hydrogen) atoms. The molecule has 0 saturated heterocycles. The van der Waals surface area contributed by atoms with E-state index in [2.05, 4.69) is 10.2 Å². The summed E-state index contributed by atoms with van der Waals surface area (Å²) >= 11 is 0. The van der Waals surface area contributed by atoms with Crippen molar-refractivity contribution in [2.45, 2.75) is 26.8 Å². The van der Waals surface area contributed by atoms with E-state index in [0.29, 0.717) is 16.8 Å². The van der Waals surface area contributed by atoms with E-state index in [1.165, 1.54) is 6.92 Å². The molecule has 1 heterocycles. The molecule has 3 aromatic rings. The fourth-order valence-electron chi connectivity index (χ4n) is 3.11. The first-order chi connectivity index (χ1) is 14.4. The molecule has 150 valence electrons. The van der Waals surface area contributed by atoms with Crippen LogP contribution in [0.2, 0.25) is 0 Å². The molecule has 0 aliphatic heterocycles. The van der Waals surface area contributed by atoms with Gasteiger partial charge in [0.15, 0.2) is 11.5 Å². The highest BCUT2D eigenvalue weighted by atomic mass is 16.3. The molecule has 3 rings (SSSR count). The van der Waals surface area contributed by atoms with Crippen molar-refractivity contribution in [2.75, 3.05) is 0 Å². The van der Waals surface area contributed by atoms with Crippen LogP contribution in [0.3, 0.4) is 0 Å². The van der Waals surface area contributed by atoms with Crippen LogP contribution >= 0.6 is 0 Å². The summed E-state index contributed by atoms with van der Waals surface area (Å²) in [5.74, 6) is -0.613. The first kappa shape index (κ1) is 20.7. The summed E-state index contributed by atoms with van der Waals surface area (Å²) < 4.78 is 1.10. The fraction of sp³-hybridized carbons (Fsp3) is 0.174. The highest BCUT2D eigenvalue weighted by molar-refractivity contribution is 6.11. The van der Waals surface area contributed by atoms with Crippen LogP contribution in [0.15, 0.2) is 69.6 Å². The standard InChI is InChI=1S/C23H20N4O3/c1-14(2)27-22(29)18(13-24)15(3)20(23(27)30)26-25-19-12-8-7-11-17(19)21(28)16-9-5-4-6-10-16/h4-12,14,29H,1-3H3. The minimum absolute atomic E-state index is 0.0362. The number of nitriles is 1. The lowest BCUT2D eigenvalue weighted by Gasteiger charge is -2.15. The van der Waals surface area contributed by atoms with Gasteiger partial charge < -0.3 is 5.11 Å². The van der Waals surface area contributed by atoms with E-state index >= 15 is 0 Å². The van der Waals surface area contributed by atoms with E-state index in [0.717, 1.165) is 4.57 Å². The molecule has 0 fully saturated rings. The van der Waals surface area contributed by atoms with Crippen LogP contribution in [-0.4, -0.2) is 15.5 Å². The maximum atomic E-state index is 12.9. The topological polar surface area (TPSA) is 108 Å². The summed E-state index contributed by atoms with van der Waals surface area (Å²) in [5, 5.41) is 27.9. The van der Waals surface area contributed by atoms with Gasteiger partial charge >= 0.3 is 0 Å². The van der Waals surface area contributed by atoms with Gasteiger partial charge in [-0.05, 0) is 32.9 Å². The van der Waals surface area contributed by atoms with Crippen LogP contribution < -0.4 is 5.56 Å². The van der Waals surface area contributed by atoms with Gasteiger partial charge in [-0.15, -0.1) is 10.2 Å². The number of hydrogen-bond donors (Lipinski definition) is 1. The van der Waals surface area contributed by atoms with E-state index in [1.54, 1.807) is 62.4 Å². The van der Waals surface area contributed by atoms with Gasteiger partial charge in [0.1, 0.15) is 11.6 Å². The predicted octanol–water partition coefficient (Wildman–Crippen LogP) is 4.96. The average Bonchev–Trinajstić information content (AvgIpc) is 2.74. The SMILES string of the molecule is Cc1c(C#N)c(O)n(C(C)C)c(=O)c1N=Nc1ccccc1C(=O)c1ccccc1. The monoisotopic (exact) mass is 400 g/mol. The van der Waals surface area contributed by atoms with E-state index in [4.69, 9.17) is 0 Å². The summed E-state index contributed by atoms with van der Waals surface area (Å²) in [4.78, 5) is 25.7. The summed E-state index contributed by atoms with van der Waals surface area (Å²) in [6, 6.07) is 17.0. The van der Waals surface area contributed by atoms with Crippen molar-refractivity contribution in [3.8, 4) is 11.9 Å². The highest BCUT2D eigenvalue weighted by Gasteiger charge is 2.21. The molecule has 0 aliphatic carbocycles. The number of hydrogen-bond acceptors (Lipinski definition) is 6. The summed E-state index contributed by atoms with van der Waals surface area (Å²) in [6.45, 7) is 4.96. The number of rotatable bonds is 5. The van der Waals surface area contributed by atoms with Crippen molar-refractivity contribution in [3.63, 3.8) is 0 Å². The number of azo groups is 1. The van der Waals surface area contributed by atoms with E-state index < -0.39 is 11.4 Å². The van der Waals surface area contributed by atoms with Gasteiger partial charge in [0.05, 0.1) is 11.3 Å². The van der Waals surface area contributed by atoms with Crippen LogP contribution in [-0.2, 0) is 0 Å². The van der Waals surface area contributed by atoms with Gasteiger partial charge in [-0.1, -0.05) is 42.5 Å². The molecule has 0 bridgehead atoms. The third kappa shape index (κ3) is 3.76. The summed E-state index contributed by atoms with van der Waals surface area (Å²) in [6.07, 6.45) is 0. The highest BCUT2D eigenvalue weighted by Crippen LogP contribution is 2.29. The van der Waals surface area contributed by atoms with Crippen molar-refractivity contribution in [1.82, 2.24) is 4.57 Å². The molecular formula is C23H20N4O3. The zero-order chi connectivity index (χ0) is 21.8. The fourth-order valence-corrected chi connectivity index (χ4v) is 3.11. The molecule has 7 heteroatoms. The van der Waals surface area contributed by atoms with Crippen LogP contribution in [0.4, 0.5) is 11.4 Å². The van der Waals surface area contributed by atoms with Crippen LogP contribution in [0.25, 0.3) is 0 Å². The number of benzene rings is 2. The lowest BCUT2D eigenvalue weighted by Crippen LogP contribution is -2.23. The average molecular weight is 400 g/mol. The van der Waals surface area contributed by atoms with Gasteiger partial charge in [0.25, 0.3) is 5.56 Å². The second-order valence-electron chi connectivity index (χ2n) is 6.97. The van der Waals surface area contributed by atoms with E-state index in [9.17, 15) is 20.0 Å². The molecule has 0 atom stereocenters. The molecule has 2 aromatic carbocycles. The molecule has 0 radical (unpaired) electrons.